The van der Waals surface area contributed by atoms with Gasteiger partial charge in [0.05, 0.1) is 8.66 Å². The number of thiophene rings is 1. The quantitative estimate of drug-likeness (QED) is 0.326. The molecule has 0 aliphatic carbocycles. The molecule has 4 aromatic rings. The summed E-state index contributed by atoms with van der Waals surface area (Å²) in [6.07, 6.45) is -0.352. The lowest BCUT2D eigenvalue weighted by molar-refractivity contribution is 0.229. The minimum absolute atomic E-state index is 0.352. The summed E-state index contributed by atoms with van der Waals surface area (Å²) in [5.74, 6) is 1.26. The van der Waals surface area contributed by atoms with Gasteiger partial charge in [0.15, 0.2) is 5.69 Å². The van der Waals surface area contributed by atoms with Crippen LogP contribution >= 0.6 is 39.0 Å². The molecule has 1 atom stereocenters. The highest BCUT2D eigenvalue weighted by atomic mass is 79.9. The first-order valence-corrected chi connectivity index (χ1v) is 12.0. The molecule has 0 spiro atoms. The highest BCUT2D eigenvalue weighted by Crippen LogP contribution is 2.41. The molecule has 30 heavy (non-hydrogen) atoms. The number of thioether (sulfide) groups is 1. The Balaban J connectivity index is 1.47. The Morgan fingerprint density at radius 3 is 2.70 bits per heavy atom. The Morgan fingerprint density at radius 2 is 1.90 bits per heavy atom. The number of fused-ring (bicyclic) bond motifs is 3. The number of benzene rings is 2. The number of nitrogens with zero attached hydrogens (tertiary/aromatic N) is 3. The molecule has 0 amide bonds. The summed E-state index contributed by atoms with van der Waals surface area (Å²) < 4.78 is 7.35. The van der Waals surface area contributed by atoms with Crippen molar-refractivity contribution in [2.45, 2.75) is 24.1 Å². The van der Waals surface area contributed by atoms with Gasteiger partial charge in [-0.3, -0.25) is 0 Å². The summed E-state index contributed by atoms with van der Waals surface area (Å²) in [4.78, 5) is 5.76. The molecular weight excluding hydrogens is 480 g/mol. The van der Waals surface area contributed by atoms with Crippen LogP contribution in [0.3, 0.4) is 0 Å². The van der Waals surface area contributed by atoms with Crippen molar-refractivity contribution in [2.75, 3.05) is 5.32 Å². The highest BCUT2D eigenvalue weighted by Gasteiger charge is 2.26. The molecule has 2 aromatic heterocycles. The van der Waals surface area contributed by atoms with Crippen LogP contribution in [0.2, 0.25) is 0 Å². The second kappa shape index (κ2) is 8.37. The number of anilines is 1. The summed E-state index contributed by atoms with van der Waals surface area (Å²) in [6, 6.07) is 20.5. The monoisotopic (exact) mass is 496 g/mol. The molecule has 1 aliphatic rings. The predicted octanol–water partition coefficient (Wildman–Crippen LogP) is 6.47. The second-order valence-corrected chi connectivity index (χ2v) is 10.3. The van der Waals surface area contributed by atoms with Gasteiger partial charge in [-0.15, -0.1) is 21.5 Å². The van der Waals surface area contributed by atoms with Crippen LogP contribution in [0.15, 0.2) is 69.6 Å². The third kappa shape index (κ3) is 4.08. The molecule has 1 aliphatic heterocycles. The SMILES string of the molecule is Cc1ccc(CSc2nnc3c(n2)O[C@@H](c2ccc(Br)s2)Nc2ccccc2-3)cc1. The molecular formula is C22H17BrN4OS2. The van der Waals surface area contributed by atoms with E-state index in [4.69, 9.17) is 9.72 Å². The fourth-order valence-corrected chi connectivity index (χ4v) is 5.28. The first-order chi connectivity index (χ1) is 14.7. The molecule has 5 nitrogen and oxygen atoms in total. The van der Waals surface area contributed by atoms with E-state index in [1.54, 1.807) is 23.1 Å². The van der Waals surface area contributed by atoms with E-state index in [1.807, 2.05) is 36.4 Å². The van der Waals surface area contributed by atoms with E-state index in [0.29, 0.717) is 16.7 Å². The van der Waals surface area contributed by atoms with Gasteiger partial charge in [-0.05, 0) is 46.6 Å². The van der Waals surface area contributed by atoms with E-state index in [-0.39, 0.29) is 6.23 Å². The van der Waals surface area contributed by atoms with E-state index in [2.05, 4.69) is 62.6 Å². The van der Waals surface area contributed by atoms with Crippen molar-refractivity contribution in [3.05, 3.63) is 80.5 Å². The number of aromatic nitrogens is 3. The summed E-state index contributed by atoms with van der Waals surface area (Å²) in [6.45, 7) is 2.09. The molecule has 1 N–H and O–H groups in total. The van der Waals surface area contributed by atoms with Gasteiger partial charge in [0.25, 0.3) is 0 Å². The molecule has 0 unspecified atom stereocenters. The molecule has 5 rings (SSSR count). The number of para-hydroxylation sites is 1. The Labute approximate surface area is 191 Å². The zero-order chi connectivity index (χ0) is 20.5. The maximum Gasteiger partial charge on any atom is 0.247 e. The van der Waals surface area contributed by atoms with E-state index >= 15 is 0 Å². The fourth-order valence-electron chi connectivity index (χ4n) is 3.14. The van der Waals surface area contributed by atoms with E-state index in [1.165, 1.54) is 11.1 Å². The van der Waals surface area contributed by atoms with Gasteiger partial charge >= 0.3 is 0 Å². The lowest BCUT2D eigenvalue weighted by atomic mass is 10.1. The number of nitrogens with one attached hydrogen (secondary N) is 1. The number of rotatable bonds is 4. The molecule has 0 bridgehead atoms. The van der Waals surface area contributed by atoms with E-state index < -0.39 is 0 Å². The number of aryl methyl sites for hydroxylation is 1. The Bertz CT molecular complexity index is 1200. The average molecular weight is 497 g/mol. The van der Waals surface area contributed by atoms with Crippen molar-refractivity contribution >= 4 is 44.7 Å². The number of ether oxygens (including phenoxy) is 1. The van der Waals surface area contributed by atoms with Crippen molar-refractivity contribution in [1.82, 2.24) is 15.2 Å². The first-order valence-electron chi connectivity index (χ1n) is 9.36. The van der Waals surface area contributed by atoms with Crippen LogP contribution in [0.5, 0.6) is 5.88 Å². The lowest BCUT2D eigenvalue weighted by Crippen LogP contribution is -2.15. The molecule has 0 saturated heterocycles. The molecule has 150 valence electrons. The lowest BCUT2D eigenvalue weighted by Gasteiger charge is -2.17. The third-order valence-electron chi connectivity index (χ3n) is 4.67. The molecule has 8 heteroatoms. The zero-order valence-electron chi connectivity index (χ0n) is 16.0. The Kier molecular flexibility index (Phi) is 5.45. The van der Waals surface area contributed by atoms with Gasteiger partial charge in [0.1, 0.15) is 0 Å². The third-order valence-corrected chi connectivity index (χ3v) is 7.25. The van der Waals surface area contributed by atoms with Crippen molar-refractivity contribution < 1.29 is 4.74 Å². The largest absolute Gasteiger partial charge is 0.447 e. The van der Waals surface area contributed by atoms with Crippen molar-refractivity contribution in [1.29, 1.82) is 0 Å². The number of halogens is 1. The minimum Gasteiger partial charge on any atom is -0.447 e. The second-order valence-electron chi connectivity index (χ2n) is 6.85. The molecule has 2 aromatic carbocycles. The molecule has 0 fully saturated rings. The van der Waals surface area contributed by atoms with Gasteiger partial charge in [-0.2, -0.15) is 4.98 Å². The van der Waals surface area contributed by atoms with Crippen LogP contribution in [0.4, 0.5) is 5.69 Å². The number of hydrogen-bond acceptors (Lipinski definition) is 7. The van der Waals surface area contributed by atoms with Crippen LogP contribution in [0.1, 0.15) is 22.2 Å². The molecule has 0 radical (unpaired) electrons. The number of hydrogen-bond donors (Lipinski definition) is 1. The molecule has 0 saturated carbocycles. The van der Waals surface area contributed by atoms with Gasteiger partial charge in [0.2, 0.25) is 17.3 Å². The van der Waals surface area contributed by atoms with Crippen LogP contribution < -0.4 is 10.1 Å². The average Bonchev–Trinajstić information content (AvgIpc) is 3.12. The Morgan fingerprint density at radius 1 is 1.07 bits per heavy atom. The van der Waals surface area contributed by atoms with Gasteiger partial charge < -0.3 is 10.1 Å². The normalized spacial score (nSPS) is 14.8. The van der Waals surface area contributed by atoms with Crippen LogP contribution in [0, 0.1) is 6.92 Å². The van der Waals surface area contributed by atoms with Crippen molar-refractivity contribution in [2.24, 2.45) is 0 Å². The first kappa shape index (κ1) is 19.5. The van der Waals surface area contributed by atoms with Gasteiger partial charge in [-0.25, -0.2) is 0 Å². The van der Waals surface area contributed by atoms with Gasteiger partial charge in [0, 0.05) is 17.0 Å². The Hall–Kier alpha value is -2.42. The van der Waals surface area contributed by atoms with Crippen LogP contribution in [0.25, 0.3) is 11.3 Å². The van der Waals surface area contributed by atoms with Crippen molar-refractivity contribution in [3.8, 4) is 17.1 Å². The van der Waals surface area contributed by atoms with Crippen molar-refractivity contribution in [3.63, 3.8) is 0 Å². The maximum absolute atomic E-state index is 6.30. The van der Waals surface area contributed by atoms with Crippen LogP contribution in [-0.4, -0.2) is 15.2 Å². The maximum atomic E-state index is 6.30. The highest BCUT2D eigenvalue weighted by molar-refractivity contribution is 9.11. The van der Waals surface area contributed by atoms with Crippen LogP contribution in [-0.2, 0) is 5.75 Å². The minimum atomic E-state index is -0.352. The van der Waals surface area contributed by atoms with Gasteiger partial charge in [-0.1, -0.05) is 59.8 Å². The predicted molar refractivity (Wildman–Crippen MR) is 125 cm³/mol. The molecule has 3 heterocycles. The summed E-state index contributed by atoms with van der Waals surface area (Å²) >= 11 is 6.71. The topological polar surface area (TPSA) is 59.9 Å². The fraction of sp³-hybridized carbons (Fsp3) is 0.136. The van der Waals surface area contributed by atoms with E-state index in [9.17, 15) is 0 Å². The summed E-state index contributed by atoms with van der Waals surface area (Å²) in [7, 11) is 0. The summed E-state index contributed by atoms with van der Waals surface area (Å²) in [5.41, 5.74) is 4.99. The smallest absolute Gasteiger partial charge is 0.247 e. The summed E-state index contributed by atoms with van der Waals surface area (Å²) in [5, 5.41) is 12.9. The van der Waals surface area contributed by atoms with E-state index in [0.717, 1.165) is 25.7 Å². The zero-order valence-corrected chi connectivity index (χ0v) is 19.2. The standard InChI is InChI=1S/C22H17BrN4OS2/c1-13-6-8-14(9-7-13)12-29-22-25-21-19(26-27-22)15-4-2-3-5-16(15)24-20(28-21)17-10-11-18(23)30-17/h2-11,20,24H,12H2,1H3/t20-/m0/s1.